The van der Waals surface area contributed by atoms with Gasteiger partial charge in [0.2, 0.25) is 0 Å². The Morgan fingerprint density at radius 2 is 1.65 bits per heavy atom. The third-order valence-electron chi connectivity index (χ3n) is 2.94. The Kier molecular flexibility index (Phi) is 6.21. The van der Waals surface area contributed by atoms with Crippen molar-refractivity contribution in [1.82, 2.24) is 0 Å². The maximum Gasteiger partial charge on any atom is 0.321 e. The zero-order chi connectivity index (χ0) is 15.3. The SMILES string of the molecule is CC(C)CC(=O)OC(=O)C(c1ccc(Cl)cc1)C(C)C. The van der Waals surface area contributed by atoms with E-state index in [1.807, 2.05) is 27.7 Å². The summed E-state index contributed by atoms with van der Waals surface area (Å²) in [6.07, 6.45) is 0.247. The van der Waals surface area contributed by atoms with Gasteiger partial charge in [0.1, 0.15) is 0 Å². The molecule has 20 heavy (non-hydrogen) atoms. The minimum Gasteiger partial charge on any atom is -0.393 e. The van der Waals surface area contributed by atoms with Gasteiger partial charge in [-0.3, -0.25) is 9.59 Å². The van der Waals surface area contributed by atoms with Crippen molar-refractivity contribution in [3.05, 3.63) is 34.9 Å². The monoisotopic (exact) mass is 296 g/mol. The van der Waals surface area contributed by atoms with Gasteiger partial charge in [-0.1, -0.05) is 51.4 Å². The first-order valence-corrected chi connectivity index (χ1v) is 7.19. The molecule has 4 heteroatoms. The molecule has 0 radical (unpaired) electrons. The Labute approximate surface area is 125 Å². The number of hydrogen-bond acceptors (Lipinski definition) is 3. The largest absolute Gasteiger partial charge is 0.393 e. The number of carbonyl (C=O) groups excluding carboxylic acids is 2. The van der Waals surface area contributed by atoms with E-state index in [2.05, 4.69) is 0 Å². The highest BCUT2D eigenvalue weighted by Crippen LogP contribution is 2.27. The number of hydrogen-bond donors (Lipinski definition) is 0. The Balaban J connectivity index is 2.83. The van der Waals surface area contributed by atoms with Crippen LogP contribution in [0.25, 0.3) is 0 Å². The van der Waals surface area contributed by atoms with Crippen molar-refractivity contribution in [2.45, 2.75) is 40.0 Å². The Morgan fingerprint density at radius 1 is 1.10 bits per heavy atom. The minimum atomic E-state index is -0.493. The Hall–Kier alpha value is -1.35. The van der Waals surface area contributed by atoms with E-state index in [1.165, 1.54) is 0 Å². The summed E-state index contributed by atoms with van der Waals surface area (Å²) < 4.78 is 4.96. The maximum atomic E-state index is 12.2. The molecule has 0 aliphatic rings. The lowest BCUT2D eigenvalue weighted by atomic mass is 9.88. The van der Waals surface area contributed by atoms with E-state index >= 15 is 0 Å². The van der Waals surface area contributed by atoms with Crippen molar-refractivity contribution >= 4 is 23.5 Å². The second kappa shape index (κ2) is 7.44. The van der Waals surface area contributed by atoms with Crippen LogP contribution < -0.4 is 0 Å². The molecule has 0 bridgehead atoms. The molecule has 1 aromatic carbocycles. The summed E-state index contributed by atoms with van der Waals surface area (Å²) in [5.41, 5.74) is 0.812. The van der Waals surface area contributed by atoms with Gasteiger partial charge >= 0.3 is 11.9 Å². The number of ether oxygens (including phenoxy) is 1. The Bertz CT molecular complexity index is 463. The highest BCUT2D eigenvalue weighted by atomic mass is 35.5. The molecule has 0 N–H and O–H groups in total. The Morgan fingerprint density at radius 3 is 2.10 bits per heavy atom. The summed E-state index contributed by atoms with van der Waals surface area (Å²) in [4.78, 5) is 23.8. The highest BCUT2D eigenvalue weighted by Gasteiger charge is 2.27. The first-order chi connectivity index (χ1) is 9.31. The van der Waals surface area contributed by atoms with Crippen molar-refractivity contribution in [1.29, 1.82) is 0 Å². The highest BCUT2D eigenvalue weighted by molar-refractivity contribution is 6.30. The van der Waals surface area contributed by atoms with Gasteiger partial charge in [-0.05, 0) is 29.5 Å². The fraction of sp³-hybridized carbons (Fsp3) is 0.500. The molecule has 1 aromatic rings. The molecule has 0 aliphatic carbocycles. The molecule has 0 fully saturated rings. The summed E-state index contributed by atoms with van der Waals surface area (Å²) in [6.45, 7) is 7.66. The zero-order valence-corrected chi connectivity index (χ0v) is 13.1. The summed E-state index contributed by atoms with van der Waals surface area (Å²) >= 11 is 5.85. The van der Waals surface area contributed by atoms with Crippen LogP contribution in [0.1, 0.15) is 45.6 Å². The molecule has 0 spiro atoms. The van der Waals surface area contributed by atoms with E-state index in [1.54, 1.807) is 24.3 Å². The summed E-state index contributed by atoms with van der Waals surface area (Å²) in [5, 5.41) is 0.612. The predicted octanol–water partition coefficient (Wildman–Crippen LogP) is 4.20. The zero-order valence-electron chi connectivity index (χ0n) is 12.4. The molecule has 1 rings (SSSR count). The molecule has 0 aromatic heterocycles. The first-order valence-electron chi connectivity index (χ1n) is 6.81. The van der Waals surface area contributed by atoms with Crippen LogP contribution in [0.15, 0.2) is 24.3 Å². The van der Waals surface area contributed by atoms with Crippen molar-refractivity contribution in [3.63, 3.8) is 0 Å². The second-order valence-electron chi connectivity index (χ2n) is 5.66. The van der Waals surface area contributed by atoms with Crippen LogP contribution in [-0.2, 0) is 14.3 Å². The lowest BCUT2D eigenvalue weighted by molar-refractivity contribution is -0.161. The van der Waals surface area contributed by atoms with Gasteiger partial charge in [0, 0.05) is 11.4 Å². The third kappa shape index (κ3) is 4.97. The molecule has 3 nitrogen and oxygen atoms in total. The van der Waals surface area contributed by atoms with Crippen LogP contribution in [0.3, 0.4) is 0 Å². The normalized spacial score (nSPS) is 12.6. The minimum absolute atomic E-state index is 0.0375. The lowest BCUT2D eigenvalue weighted by Gasteiger charge is -2.19. The molecule has 0 saturated heterocycles. The predicted molar refractivity (Wildman–Crippen MR) is 79.6 cm³/mol. The quantitative estimate of drug-likeness (QED) is 0.604. The number of carbonyl (C=O) groups is 2. The molecule has 0 amide bonds. The van der Waals surface area contributed by atoms with Crippen LogP contribution in [0.2, 0.25) is 5.02 Å². The molecule has 0 aliphatic heterocycles. The average Bonchev–Trinajstić information content (AvgIpc) is 2.30. The second-order valence-corrected chi connectivity index (χ2v) is 6.10. The number of rotatable bonds is 5. The molecule has 0 heterocycles. The van der Waals surface area contributed by atoms with Crippen LogP contribution in [-0.4, -0.2) is 11.9 Å². The standard InChI is InChI=1S/C16H21ClO3/c1-10(2)9-14(18)20-16(19)15(11(3)4)12-5-7-13(17)8-6-12/h5-8,10-11,15H,9H2,1-4H3. The fourth-order valence-corrected chi connectivity index (χ4v) is 2.14. The van der Waals surface area contributed by atoms with Gasteiger partial charge in [-0.15, -0.1) is 0 Å². The lowest BCUT2D eigenvalue weighted by Crippen LogP contribution is -2.24. The van der Waals surface area contributed by atoms with Gasteiger partial charge in [0.25, 0.3) is 0 Å². The van der Waals surface area contributed by atoms with Crippen LogP contribution in [0, 0.1) is 11.8 Å². The number of esters is 2. The van der Waals surface area contributed by atoms with Gasteiger partial charge < -0.3 is 4.74 Å². The molecule has 1 unspecified atom stereocenters. The van der Waals surface area contributed by atoms with Gasteiger partial charge in [0.05, 0.1) is 5.92 Å². The molecule has 0 saturated carbocycles. The van der Waals surface area contributed by atoms with E-state index in [0.717, 1.165) is 5.56 Å². The average molecular weight is 297 g/mol. The van der Waals surface area contributed by atoms with Crippen molar-refractivity contribution in [2.24, 2.45) is 11.8 Å². The van der Waals surface area contributed by atoms with Crippen LogP contribution in [0.4, 0.5) is 0 Å². The van der Waals surface area contributed by atoms with Crippen molar-refractivity contribution < 1.29 is 14.3 Å². The summed E-state index contributed by atoms with van der Waals surface area (Å²) in [7, 11) is 0. The van der Waals surface area contributed by atoms with E-state index in [9.17, 15) is 9.59 Å². The van der Waals surface area contributed by atoms with Crippen molar-refractivity contribution in [2.75, 3.05) is 0 Å². The van der Waals surface area contributed by atoms with E-state index in [-0.39, 0.29) is 18.3 Å². The third-order valence-corrected chi connectivity index (χ3v) is 3.19. The summed E-state index contributed by atoms with van der Waals surface area (Å²) in [6, 6.07) is 7.05. The number of benzene rings is 1. The van der Waals surface area contributed by atoms with Gasteiger partial charge in [0.15, 0.2) is 0 Å². The molecule has 110 valence electrons. The fourth-order valence-electron chi connectivity index (χ4n) is 2.01. The van der Waals surface area contributed by atoms with Gasteiger partial charge in [-0.25, -0.2) is 0 Å². The first kappa shape index (κ1) is 16.7. The maximum absolute atomic E-state index is 12.2. The summed E-state index contributed by atoms with van der Waals surface area (Å²) in [5.74, 6) is -1.21. The van der Waals surface area contributed by atoms with Gasteiger partial charge in [-0.2, -0.15) is 0 Å². The molecular weight excluding hydrogens is 276 g/mol. The van der Waals surface area contributed by atoms with Crippen LogP contribution in [0.5, 0.6) is 0 Å². The smallest absolute Gasteiger partial charge is 0.321 e. The molecule has 1 atom stereocenters. The van der Waals surface area contributed by atoms with Crippen LogP contribution >= 0.6 is 11.6 Å². The number of halogens is 1. The van der Waals surface area contributed by atoms with Crippen molar-refractivity contribution in [3.8, 4) is 0 Å². The van der Waals surface area contributed by atoms with E-state index < -0.39 is 17.9 Å². The van der Waals surface area contributed by atoms with E-state index in [4.69, 9.17) is 16.3 Å². The van der Waals surface area contributed by atoms with E-state index in [0.29, 0.717) is 5.02 Å². The molecular formula is C16H21ClO3. The topological polar surface area (TPSA) is 43.4 Å².